The molecule has 388 valence electrons. The van der Waals surface area contributed by atoms with Gasteiger partial charge in [-0.15, -0.1) is 22.7 Å². The van der Waals surface area contributed by atoms with Gasteiger partial charge in [-0.05, 0) is 189 Å². The summed E-state index contributed by atoms with van der Waals surface area (Å²) < 4.78 is 12.2. The van der Waals surface area contributed by atoms with Crippen molar-refractivity contribution in [1.82, 2.24) is 29.7 Å². The number of anilines is 4. The van der Waals surface area contributed by atoms with E-state index in [-0.39, 0.29) is 11.6 Å². The molecule has 0 spiro atoms. The molecule has 0 aliphatic carbocycles. The second kappa shape index (κ2) is 28.3. The van der Waals surface area contributed by atoms with Gasteiger partial charge in [-0.3, -0.25) is 4.79 Å². The summed E-state index contributed by atoms with van der Waals surface area (Å²) in [5.74, 6) is 1.88. The zero-order valence-electron chi connectivity index (χ0n) is 42.1. The van der Waals surface area contributed by atoms with Gasteiger partial charge in [0.2, 0.25) is 0 Å². The molecule has 0 unspecified atom stereocenters. The highest BCUT2D eigenvalue weighted by Crippen LogP contribution is 2.31. The third-order valence-electron chi connectivity index (χ3n) is 13.4. The SMILES string of the molecule is Nc1ccc(CCCN2CCCCC2)cc1OCCCCCNc1cc(-c2nc(C(=O)O)cs2)ccn1.O=C1Nc2ccc(CCCN3CCCCC3)cc2OCCCCCNc2cc(ccn2)-c2nc1cs2. The Morgan fingerprint density at radius 2 is 1.42 bits per heavy atom. The van der Waals surface area contributed by atoms with E-state index < -0.39 is 5.97 Å². The molecule has 1 amide bonds. The molecule has 9 rings (SSSR count). The summed E-state index contributed by atoms with van der Waals surface area (Å²) in [6.45, 7) is 10.2. The maximum absolute atomic E-state index is 13.1. The predicted molar refractivity (Wildman–Crippen MR) is 296 cm³/mol. The number of carbonyl (C=O) groups excluding carboxylic acids is 1. The van der Waals surface area contributed by atoms with Crippen LogP contribution in [0.2, 0.25) is 0 Å². The third kappa shape index (κ3) is 17.0. The number of hydrogen-bond donors (Lipinski definition) is 5. The summed E-state index contributed by atoms with van der Waals surface area (Å²) in [4.78, 5) is 46.8. The minimum atomic E-state index is -1.02. The molecule has 4 bridgehead atoms. The quantitative estimate of drug-likeness (QED) is 0.0403. The normalized spacial score (nSPS) is 15.6. The first-order valence-electron chi connectivity index (χ1n) is 26.4. The number of ether oxygens (including phenoxy) is 2. The molecule has 2 fully saturated rings. The van der Waals surface area contributed by atoms with Gasteiger partial charge in [0.15, 0.2) is 5.69 Å². The third-order valence-corrected chi connectivity index (χ3v) is 15.2. The smallest absolute Gasteiger partial charge is 0.355 e. The molecule has 3 aliphatic rings. The van der Waals surface area contributed by atoms with E-state index in [1.807, 2.05) is 36.4 Å². The first-order chi connectivity index (χ1) is 35.8. The number of amides is 1. The van der Waals surface area contributed by atoms with Gasteiger partial charge in [0.1, 0.15) is 38.8 Å². The maximum Gasteiger partial charge on any atom is 0.355 e. The molecule has 0 radical (unpaired) electrons. The van der Waals surface area contributed by atoms with Gasteiger partial charge in [-0.2, -0.15) is 0 Å². The Morgan fingerprint density at radius 3 is 2.18 bits per heavy atom. The topological polar surface area (TPSA) is 193 Å². The van der Waals surface area contributed by atoms with Gasteiger partial charge in [0, 0.05) is 47.4 Å². The van der Waals surface area contributed by atoms with Crippen LogP contribution in [0.1, 0.15) is 122 Å². The Labute approximate surface area is 438 Å². The van der Waals surface area contributed by atoms with Crippen LogP contribution < -0.4 is 31.2 Å². The largest absolute Gasteiger partial charge is 0.491 e. The number of rotatable bonds is 18. The first-order valence-corrected chi connectivity index (χ1v) is 28.2. The number of nitrogen functional groups attached to an aromatic ring is 1. The number of fused-ring (bicyclic) bond motifs is 6. The van der Waals surface area contributed by atoms with Gasteiger partial charge in [-0.1, -0.05) is 25.0 Å². The number of nitrogens with two attached hydrogens (primary N) is 1. The summed E-state index contributed by atoms with van der Waals surface area (Å²) in [6, 6.07) is 20.0. The van der Waals surface area contributed by atoms with Crippen LogP contribution in [0, 0.1) is 0 Å². The minimum Gasteiger partial charge on any atom is -0.491 e. The van der Waals surface area contributed by atoms with Crippen LogP contribution >= 0.6 is 22.7 Å². The number of piperidine rings is 2. The zero-order valence-corrected chi connectivity index (χ0v) is 43.8. The number of carboxylic acid groups (broad SMARTS) is 1. The number of nitrogens with one attached hydrogen (secondary N) is 3. The van der Waals surface area contributed by atoms with Crippen LogP contribution in [-0.4, -0.2) is 112 Å². The lowest BCUT2D eigenvalue weighted by Gasteiger charge is -2.26. The van der Waals surface area contributed by atoms with Crippen molar-refractivity contribution < 1.29 is 24.2 Å². The van der Waals surface area contributed by atoms with Crippen molar-refractivity contribution in [2.45, 2.75) is 103 Å². The molecule has 3 aliphatic heterocycles. The van der Waals surface area contributed by atoms with Crippen LogP contribution in [-0.2, 0) is 12.8 Å². The van der Waals surface area contributed by atoms with E-state index in [2.05, 4.69) is 70.0 Å². The summed E-state index contributed by atoms with van der Waals surface area (Å²) >= 11 is 2.77. The van der Waals surface area contributed by atoms with Gasteiger partial charge in [-0.25, -0.2) is 24.7 Å². The Bertz CT molecular complexity index is 2670. The summed E-state index contributed by atoms with van der Waals surface area (Å²) in [5.41, 5.74) is 12.4. The fourth-order valence-electron chi connectivity index (χ4n) is 9.31. The number of carboxylic acids is 1. The zero-order chi connectivity index (χ0) is 50.5. The van der Waals surface area contributed by atoms with Crippen LogP contribution in [0.15, 0.2) is 83.8 Å². The van der Waals surface area contributed by atoms with E-state index in [9.17, 15) is 9.59 Å². The van der Waals surface area contributed by atoms with E-state index >= 15 is 0 Å². The van der Waals surface area contributed by atoms with E-state index in [1.54, 1.807) is 23.2 Å². The number of aromatic nitrogens is 4. The molecule has 6 aromatic rings. The molecular weight excluding hydrogens is 957 g/mol. The minimum absolute atomic E-state index is 0.0647. The standard InChI is InChI=1S/C28H37N5O3S.C28H35N5O2S/c29-23-10-9-21(8-7-16-33-14-4-2-5-15-33)18-25(23)36-17-6-1-3-12-30-26-19-22(11-13-31-26)27-32-24(20-37-27)28(34)35;34-27-24-20-36-28(32-24)22-11-13-30-26(19-22)29-12-3-1-6-17-35-25-18-21(9-10-23(25)31-27)8-7-16-33-14-4-2-5-15-33/h9-11,13,18-20H,1-8,12,14-17,29H2,(H,30,31)(H,34,35);9-11,13,18-20H,1-8,12,14-17H2,(H,29,30)(H,31,34). The molecule has 15 nitrogen and oxygen atoms in total. The van der Waals surface area contributed by atoms with Crippen molar-refractivity contribution in [3.05, 3.63) is 106 Å². The second-order valence-corrected chi connectivity index (χ2v) is 20.8. The Kier molecular flexibility index (Phi) is 20.6. The molecule has 7 heterocycles. The number of nitrogens with zero attached hydrogens (tertiary/aromatic N) is 6. The number of benzene rings is 2. The van der Waals surface area contributed by atoms with E-state index in [4.69, 9.17) is 20.3 Å². The molecule has 0 saturated carbocycles. The van der Waals surface area contributed by atoms with Gasteiger partial charge >= 0.3 is 5.97 Å². The van der Waals surface area contributed by atoms with Gasteiger partial charge in [0.05, 0.1) is 24.6 Å². The molecule has 6 N–H and O–H groups in total. The van der Waals surface area contributed by atoms with Crippen molar-refractivity contribution in [1.29, 1.82) is 0 Å². The first kappa shape index (κ1) is 53.2. The lowest BCUT2D eigenvalue weighted by Crippen LogP contribution is -2.30. The number of pyridine rings is 2. The van der Waals surface area contributed by atoms with E-state index in [0.717, 1.165) is 117 Å². The average Bonchev–Trinajstić information content (AvgIpc) is 4.13. The number of hydrogen-bond acceptors (Lipinski definition) is 15. The van der Waals surface area contributed by atoms with E-state index in [1.165, 1.54) is 111 Å². The van der Waals surface area contributed by atoms with Crippen LogP contribution in [0.25, 0.3) is 21.1 Å². The number of unbranched alkanes of at least 4 members (excludes halogenated alkanes) is 2. The Hall–Kier alpha value is -6.14. The highest BCUT2D eigenvalue weighted by atomic mass is 32.1. The van der Waals surface area contributed by atoms with Crippen molar-refractivity contribution in [2.24, 2.45) is 0 Å². The van der Waals surface area contributed by atoms with E-state index in [0.29, 0.717) is 35.3 Å². The molecular formula is C56H72N10O5S2. The van der Waals surface area contributed by atoms with Crippen LogP contribution in [0.3, 0.4) is 0 Å². The monoisotopic (exact) mass is 1030 g/mol. The highest BCUT2D eigenvalue weighted by Gasteiger charge is 2.18. The molecule has 2 aromatic carbocycles. The summed E-state index contributed by atoms with van der Waals surface area (Å²) in [5, 5.41) is 23.7. The van der Waals surface area contributed by atoms with Crippen molar-refractivity contribution in [3.8, 4) is 32.6 Å². The summed E-state index contributed by atoms with van der Waals surface area (Å²) in [7, 11) is 0. The lowest BCUT2D eigenvalue weighted by atomic mass is 10.1. The number of aryl methyl sites for hydroxylation is 2. The molecule has 2 saturated heterocycles. The van der Waals surface area contributed by atoms with Crippen LogP contribution in [0.4, 0.5) is 23.0 Å². The molecule has 0 atom stereocenters. The van der Waals surface area contributed by atoms with Gasteiger partial charge < -0.3 is 46.1 Å². The number of thiazole rings is 2. The second-order valence-electron chi connectivity index (χ2n) is 19.1. The number of aromatic carboxylic acids is 1. The fourth-order valence-corrected chi connectivity index (χ4v) is 10.9. The molecule has 17 heteroatoms. The number of likely N-dealkylation sites (tertiary alicyclic amines) is 2. The molecule has 73 heavy (non-hydrogen) atoms. The lowest BCUT2D eigenvalue weighted by molar-refractivity contribution is 0.0691. The summed E-state index contributed by atoms with van der Waals surface area (Å²) in [6.07, 6.45) is 21.9. The predicted octanol–water partition coefficient (Wildman–Crippen LogP) is 11.4. The van der Waals surface area contributed by atoms with Crippen molar-refractivity contribution >= 4 is 57.6 Å². The average molecular weight is 1030 g/mol. The van der Waals surface area contributed by atoms with Crippen molar-refractivity contribution in [2.75, 3.05) is 87.3 Å². The Morgan fingerprint density at radius 1 is 0.740 bits per heavy atom. The maximum atomic E-state index is 13.1. The number of carbonyl (C=O) groups is 2. The highest BCUT2D eigenvalue weighted by molar-refractivity contribution is 7.13. The van der Waals surface area contributed by atoms with Gasteiger partial charge in [0.25, 0.3) is 5.91 Å². The Balaban J connectivity index is 0.000000195. The van der Waals surface area contributed by atoms with Crippen molar-refractivity contribution in [3.63, 3.8) is 0 Å². The molecule has 4 aromatic heterocycles. The fraction of sp³-hybridized carbons (Fsp3) is 0.464. The van der Waals surface area contributed by atoms with Crippen LogP contribution in [0.5, 0.6) is 11.5 Å².